The molecule has 252 valence electrons. The van der Waals surface area contributed by atoms with E-state index in [0.29, 0.717) is 22.5 Å². The Balaban J connectivity index is 0.00000387. The van der Waals surface area contributed by atoms with Crippen molar-refractivity contribution in [3.05, 3.63) is 145 Å². The van der Waals surface area contributed by atoms with Gasteiger partial charge < -0.3 is 19.1 Å². The topological polar surface area (TPSA) is 48.2 Å². The molecule has 5 aromatic carbocycles. The van der Waals surface area contributed by atoms with E-state index in [9.17, 15) is 1.37 Å². The summed E-state index contributed by atoms with van der Waals surface area (Å²) in [6.45, 7) is 4.64. The molecule has 1 fully saturated rings. The molecule has 1 aliphatic carbocycles. The zero-order valence-electron chi connectivity index (χ0n) is 29.5. The number of nitrogens with zero attached hydrogens (tertiary/aromatic N) is 2. The van der Waals surface area contributed by atoms with Crippen LogP contribution in [0.15, 0.2) is 132 Å². The summed E-state index contributed by atoms with van der Waals surface area (Å²) in [5.74, 6) is 0.619. The maximum atomic E-state index is 9.20. The molecule has 5 heteroatoms. The average Bonchev–Trinajstić information content (AvgIpc) is 3.52. The zero-order valence-corrected chi connectivity index (χ0v) is 30.8. The van der Waals surface area contributed by atoms with Crippen molar-refractivity contribution in [1.82, 2.24) is 9.97 Å². The second-order valence-corrected chi connectivity index (χ2v) is 14.1. The van der Waals surface area contributed by atoms with Crippen molar-refractivity contribution in [2.45, 2.75) is 45.4 Å². The minimum atomic E-state index is -0.497. The SMILES string of the molecule is [2H]C1(c2ccc(-c3ccc4cc5c(cc4c3)oc3c(-c4ccccn4)[c-]c(Oc4[c-]c(-c6ccccn6)ccc4)cc35)cc2)CCC(C)(C)CC1.[Pt+2]. The van der Waals surface area contributed by atoms with E-state index in [-0.39, 0.29) is 21.1 Å². The first-order valence-electron chi connectivity index (χ1n) is 17.8. The number of hydrogen-bond acceptors (Lipinski definition) is 4. The number of ether oxygens (including phenoxy) is 1. The third kappa shape index (κ3) is 6.62. The van der Waals surface area contributed by atoms with Crippen molar-refractivity contribution in [2.75, 3.05) is 0 Å². The smallest absolute Gasteiger partial charge is 0.501 e. The monoisotopic (exact) mass is 844 g/mol. The molecule has 0 N–H and O–H groups in total. The summed E-state index contributed by atoms with van der Waals surface area (Å²) in [5.41, 5.74) is 8.39. The summed E-state index contributed by atoms with van der Waals surface area (Å²) in [6.07, 6.45) is 7.55. The van der Waals surface area contributed by atoms with Crippen molar-refractivity contribution in [3.63, 3.8) is 0 Å². The van der Waals surface area contributed by atoms with E-state index < -0.39 is 5.89 Å². The van der Waals surface area contributed by atoms with Gasteiger partial charge in [0.2, 0.25) is 0 Å². The molecular formula is C46H36N2O2Pt. The fourth-order valence-electron chi connectivity index (χ4n) is 7.17. The predicted molar refractivity (Wildman–Crippen MR) is 202 cm³/mol. The summed E-state index contributed by atoms with van der Waals surface area (Å²) in [7, 11) is 0. The molecule has 3 aromatic heterocycles. The quantitative estimate of drug-likeness (QED) is 0.156. The number of benzene rings is 5. The second-order valence-electron chi connectivity index (χ2n) is 14.1. The summed E-state index contributed by atoms with van der Waals surface area (Å²) >= 11 is 0. The van der Waals surface area contributed by atoms with Crippen molar-refractivity contribution in [1.29, 1.82) is 0 Å². The Morgan fingerprint density at radius 3 is 2.20 bits per heavy atom. The average molecular weight is 845 g/mol. The van der Waals surface area contributed by atoms with Gasteiger partial charge in [0.25, 0.3) is 0 Å². The molecule has 0 saturated heterocycles. The van der Waals surface area contributed by atoms with E-state index in [1.807, 2.05) is 60.7 Å². The van der Waals surface area contributed by atoms with Crippen LogP contribution in [0.25, 0.3) is 66.4 Å². The van der Waals surface area contributed by atoms with Crippen molar-refractivity contribution in [2.24, 2.45) is 5.41 Å². The van der Waals surface area contributed by atoms with Gasteiger partial charge in [0.1, 0.15) is 5.58 Å². The van der Waals surface area contributed by atoms with Crippen LogP contribution in [0.4, 0.5) is 0 Å². The normalized spacial score (nSPS) is 15.4. The molecule has 0 bridgehead atoms. The van der Waals surface area contributed by atoms with E-state index in [4.69, 9.17) is 9.15 Å². The number of fused-ring (bicyclic) bond motifs is 4. The maximum Gasteiger partial charge on any atom is 2.00 e. The van der Waals surface area contributed by atoms with Gasteiger partial charge in [-0.2, -0.15) is 0 Å². The van der Waals surface area contributed by atoms with Gasteiger partial charge in [-0.15, -0.1) is 23.8 Å². The first kappa shape index (κ1) is 31.9. The van der Waals surface area contributed by atoms with Gasteiger partial charge in [-0.1, -0.05) is 104 Å². The van der Waals surface area contributed by atoms with Crippen LogP contribution in [-0.2, 0) is 21.1 Å². The fraction of sp³-hybridized carbons (Fsp3) is 0.174. The molecule has 0 amide bonds. The molecule has 1 aliphatic rings. The minimum Gasteiger partial charge on any atom is -0.501 e. The fourth-order valence-corrected chi connectivity index (χ4v) is 7.17. The van der Waals surface area contributed by atoms with E-state index >= 15 is 0 Å². The first-order chi connectivity index (χ1) is 24.8. The standard InChI is InChI=1S/C46H36N2O2.Pt/c1-46(2)20-18-32(19-21-46)30-12-14-31(15-13-30)33-16-17-34-26-39-40-28-38(49-37-9-7-8-35(25-37)42-10-3-5-22-47-42)29-41(43-11-4-6-23-48-43)45(40)50-44(39)27-36(34)24-33;/h3-17,22-24,26-28,32H,18-21H2,1-2H3;/q-2;+2/i32D;. The number of aromatic nitrogens is 2. The molecule has 0 aliphatic heterocycles. The van der Waals surface area contributed by atoms with Crippen LogP contribution in [0.3, 0.4) is 0 Å². The van der Waals surface area contributed by atoms with Gasteiger partial charge in [0.05, 0.1) is 5.58 Å². The third-order valence-electron chi connectivity index (χ3n) is 10.1. The Kier molecular flexibility index (Phi) is 8.49. The third-order valence-corrected chi connectivity index (χ3v) is 10.1. The molecule has 0 atom stereocenters. The first-order valence-corrected chi connectivity index (χ1v) is 17.3. The number of pyridine rings is 2. The van der Waals surface area contributed by atoms with Crippen LogP contribution < -0.4 is 4.74 Å². The molecule has 4 nitrogen and oxygen atoms in total. The van der Waals surface area contributed by atoms with Gasteiger partial charge in [-0.3, -0.25) is 0 Å². The van der Waals surface area contributed by atoms with Gasteiger partial charge in [0.15, 0.2) is 0 Å². The summed E-state index contributed by atoms with van der Waals surface area (Å²) in [4.78, 5) is 9.12. The van der Waals surface area contributed by atoms with Gasteiger partial charge in [-0.05, 0) is 106 Å². The second kappa shape index (κ2) is 13.6. The molecule has 0 spiro atoms. The van der Waals surface area contributed by atoms with Crippen LogP contribution in [0.2, 0.25) is 0 Å². The van der Waals surface area contributed by atoms with Gasteiger partial charge in [-0.25, -0.2) is 0 Å². The van der Waals surface area contributed by atoms with Crippen molar-refractivity contribution < 1.29 is 31.6 Å². The Hall–Kier alpha value is -5.05. The number of furan rings is 1. The predicted octanol–water partition coefficient (Wildman–Crippen LogP) is 12.6. The van der Waals surface area contributed by atoms with Crippen LogP contribution in [0.5, 0.6) is 11.5 Å². The maximum absolute atomic E-state index is 9.20. The summed E-state index contributed by atoms with van der Waals surface area (Å²) in [5, 5.41) is 4.13. The van der Waals surface area contributed by atoms with Crippen LogP contribution >= 0.6 is 0 Å². The number of hydrogen-bond donors (Lipinski definition) is 0. The Morgan fingerprint density at radius 2 is 1.45 bits per heavy atom. The molecule has 1 saturated carbocycles. The van der Waals surface area contributed by atoms with Gasteiger partial charge in [0, 0.05) is 30.6 Å². The Morgan fingerprint density at radius 1 is 0.706 bits per heavy atom. The Labute approximate surface area is 314 Å². The Bertz CT molecular complexity index is 2540. The van der Waals surface area contributed by atoms with E-state index in [2.05, 4.69) is 90.5 Å². The molecular weight excluding hydrogens is 808 g/mol. The molecule has 0 unspecified atom stereocenters. The molecule has 0 radical (unpaired) electrons. The van der Waals surface area contributed by atoms with Crippen LogP contribution in [0, 0.1) is 17.5 Å². The molecule has 3 heterocycles. The van der Waals surface area contributed by atoms with Gasteiger partial charge >= 0.3 is 21.1 Å². The van der Waals surface area contributed by atoms with Crippen LogP contribution in [0.1, 0.15) is 52.4 Å². The summed E-state index contributed by atoms with van der Waals surface area (Å²) < 4.78 is 22.2. The molecule has 8 aromatic rings. The van der Waals surface area contributed by atoms with Crippen molar-refractivity contribution in [3.8, 4) is 45.1 Å². The summed E-state index contributed by atoms with van der Waals surface area (Å²) in [6, 6.07) is 45.8. The van der Waals surface area contributed by atoms with E-state index in [1.165, 1.54) is 0 Å². The molecule has 51 heavy (non-hydrogen) atoms. The largest absolute Gasteiger partial charge is 2.00 e. The zero-order chi connectivity index (χ0) is 34.6. The van der Waals surface area contributed by atoms with E-state index in [0.717, 1.165) is 92.0 Å². The van der Waals surface area contributed by atoms with E-state index in [1.54, 1.807) is 12.4 Å². The number of rotatable bonds is 6. The van der Waals surface area contributed by atoms with Crippen LogP contribution in [-0.4, -0.2) is 9.97 Å². The minimum absolute atomic E-state index is 0. The molecule has 9 rings (SSSR count). The van der Waals surface area contributed by atoms with Crippen molar-refractivity contribution >= 4 is 32.7 Å².